The molecule has 0 saturated carbocycles. The van der Waals surface area contributed by atoms with Crippen molar-refractivity contribution in [3.8, 4) is 0 Å². The standard InChI is InChI=1S/C19H22N4O2/c1-2-3-13-4-7-16(8-5-13)23-12-14(10-18(23)24)19(25)22-15-6-9-17(20)21-11-15/h4-9,11,14H,2-3,10,12H2,1H3,(H2,20,21)(H,22,25). The minimum Gasteiger partial charge on any atom is -0.384 e. The summed E-state index contributed by atoms with van der Waals surface area (Å²) in [4.78, 5) is 30.4. The highest BCUT2D eigenvalue weighted by atomic mass is 16.2. The van der Waals surface area contributed by atoms with Crippen LogP contribution >= 0.6 is 0 Å². The fourth-order valence-corrected chi connectivity index (χ4v) is 2.99. The number of carbonyl (C=O) groups is 2. The molecule has 130 valence electrons. The molecule has 0 aliphatic carbocycles. The van der Waals surface area contributed by atoms with E-state index in [1.165, 1.54) is 11.8 Å². The molecule has 2 aromatic rings. The predicted octanol–water partition coefficient (Wildman–Crippen LogP) is 2.61. The van der Waals surface area contributed by atoms with Crippen molar-refractivity contribution in [3.63, 3.8) is 0 Å². The molecule has 1 aromatic carbocycles. The van der Waals surface area contributed by atoms with E-state index in [1.807, 2.05) is 24.3 Å². The molecule has 0 bridgehead atoms. The first-order chi connectivity index (χ1) is 12.1. The number of benzene rings is 1. The number of hydrogen-bond donors (Lipinski definition) is 2. The summed E-state index contributed by atoms with van der Waals surface area (Å²) in [7, 11) is 0. The molecule has 2 heterocycles. The predicted molar refractivity (Wildman–Crippen MR) is 98.2 cm³/mol. The lowest BCUT2D eigenvalue weighted by molar-refractivity contribution is -0.122. The van der Waals surface area contributed by atoms with Gasteiger partial charge in [0.15, 0.2) is 0 Å². The Labute approximate surface area is 147 Å². The summed E-state index contributed by atoms with van der Waals surface area (Å²) < 4.78 is 0. The Morgan fingerprint density at radius 2 is 2.04 bits per heavy atom. The van der Waals surface area contributed by atoms with E-state index in [4.69, 9.17) is 5.73 Å². The highest BCUT2D eigenvalue weighted by Crippen LogP contribution is 2.26. The third-order valence-electron chi connectivity index (χ3n) is 4.34. The van der Waals surface area contributed by atoms with Gasteiger partial charge in [0, 0.05) is 18.7 Å². The molecule has 1 unspecified atom stereocenters. The Hall–Kier alpha value is -2.89. The lowest BCUT2D eigenvalue weighted by Gasteiger charge is -2.17. The van der Waals surface area contributed by atoms with Gasteiger partial charge in [0.05, 0.1) is 17.8 Å². The van der Waals surface area contributed by atoms with Gasteiger partial charge in [-0.1, -0.05) is 25.5 Å². The van der Waals surface area contributed by atoms with Crippen molar-refractivity contribution in [1.82, 2.24) is 4.98 Å². The first-order valence-corrected chi connectivity index (χ1v) is 8.48. The minimum atomic E-state index is -0.375. The molecule has 6 nitrogen and oxygen atoms in total. The molecule has 25 heavy (non-hydrogen) atoms. The third-order valence-corrected chi connectivity index (χ3v) is 4.34. The average Bonchev–Trinajstić information content (AvgIpc) is 3.00. The van der Waals surface area contributed by atoms with Gasteiger partial charge in [-0.15, -0.1) is 0 Å². The van der Waals surface area contributed by atoms with Crippen molar-refractivity contribution in [2.45, 2.75) is 26.2 Å². The number of carbonyl (C=O) groups excluding carboxylic acids is 2. The Kier molecular flexibility index (Phi) is 4.97. The second-order valence-electron chi connectivity index (χ2n) is 6.28. The lowest BCUT2D eigenvalue weighted by Crippen LogP contribution is -2.28. The third kappa shape index (κ3) is 3.96. The summed E-state index contributed by atoms with van der Waals surface area (Å²) >= 11 is 0. The monoisotopic (exact) mass is 338 g/mol. The zero-order valence-corrected chi connectivity index (χ0v) is 14.2. The number of aryl methyl sites for hydroxylation is 1. The molecule has 2 amide bonds. The molecule has 1 fully saturated rings. The van der Waals surface area contributed by atoms with Gasteiger partial charge >= 0.3 is 0 Å². The van der Waals surface area contributed by atoms with Crippen LogP contribution in [0.25, 0.3) is 0 Å². The Balaban J connectivity index is 1.65. The number of amides is 2. The molecule has 1 aromatic heterocycles. The second-order valence-corrected chi connectivity index (χ2v) is 6.28. The molecular weight excluding hydrogens is 316 g/mol. The van der Waals surface area contributed by atoms with E-state index in [-0.39, 0.29) is 24.2 Å². The second kappa shape index (κ2) is 7.34. The summed E-state index contributed by atoms with van der Waals surface area (Å²) in [5.74, 6) is -0.184. The first kappa shape index (κ1) is 17.0. The molecule has 1 saturated heterocycles. The average molecular weight is 338 g/mol. The van der Waals surface area contributed by atoms with Gasteiger partial charge in [-0.25, -0.2) is 4.98 Å². The largest absolute Gasteiger partial charge is 0.384 e. The summed E-state index contributed by atoms with van der Waals surface area (Å²) in [5, 5.41) is 2.79. The van der Waals surface area contributed by atoms with Crippen LogP contribution in [0.4, 0.5) is 17.2 Å². The SMILES string of the molecule is CCCc1ccc(N2CC(C(=O)Nc3ccc(N)nc3)CC2=O)cc1. The molecule has 0 spiro atoms. The number of rotatable bonds is 5. The van der Waals surface area contributed by atoms with Crippen LogP contribution in [0.3, 0.4) is 0 Å². The molecule has 1 aliphatic rings. The number of anilines is 3. The van der Waals surface area contributed by atoms with Crippen LogP contribution in [0.1, 0.15) is 25.3 Å². The molecule has 3 N–H and O–H groups in total. The van der Waals surface area contributed by atoms with Crippen LogP contribution in [-0.4, -0.2) is 23.3 Å². The molecule has 1 atom stereocenters. The summed E-state index contributed by atoms with van der Waals surface area (Å²) in [5.41, 5.74) is 8.21. The fourth-order valence-electron chi connectivity index (χ4n) is 2.99. The van der Waals surface area contributed by atoms with Crippen LogP contribution in [0.5, 0.6) is 0 Å². The van der Waals surface area contributed by atoms with Gasteiger partial charge in [0.1, 0.15) is 5.82 Å². The molecular formula is C19H22N4O2. The maximum absolute atomic E-state index is 12.4. The van der Waals surface area contributed by atoms with Gasteiger partial charge in [-0.2, -0.15) is 0 Å². The number of hydrogen-bond acceptors (Lipinski definition) is 4. The van der Waals surface area contributed by atoms with E-state index in [0.717, 1.165) is 18.5 Å². The van der Waals surface area contributed by atoms with Gasteiger partial charge in [0.2, 0.25) is 11.8 Å². The zero-order chi connectivity index (χ0) is 17.8. The van der Waals surface area contributed by atoms with E-state index in [2.05, 4.69) is 17.2 Å². The van der Waals surface area contributed by atoms with Crippen LogP contribution in [0.15, 0.2) is 42.6 Å². The van der Waals surface area contributed by atoms with E-state index in [0.29, 0.717) is 18.1 Å². The Morgan fingerprint density at radius 3 is 2.68 bits per heavy atom. The smallest absolute Gasteiger partial charge is 0.229 e. The first-order valence-electron chi connectivity index (χ1n) is 8.48. The maximum Gasteiger partial charge on any atom is 0.229 e. The van der Waals surface area contributed by atoms with Crippen molar-refractivity contribution in [2.24, 2.45) is 5.92 Å². The van der Waals surface area contributed by atoms with Crippen LogP contribution in [0.2, 0.25) is 0 Å². The number of nitrogens with two attached hydrogens (primary N) is 1. The number of pyridine rings is 1. The van der Waals surface area contributed by atoms with Crippen LogP contribution in [0, 0.1) is 5.92 Å². The van der Waals surface area contributed by atoms with Gasteiger partial charge in [-0.05, 0) is 36.2 Å². The molecule has 3 rings (SSSR count). The number of nitrogens with one attached hydrogen (secondary N) is 1. The molecule has 6 heteroatoms. The van der Waals surface area contributed by atoms with E-state index >= 15 is 0 Å². The maximum atomic E-state index is 12.4. The highest BCUT2D eigenvalue weighted by molar-refractivity contribution is 6.03. The summed E-state index contributed by atoms with van der Waals surface area (Å²) in [6, 6.07) is 11.3. The lowest BCUT2D eigenvalue weighted by atomic mass is 10.1. The summed E-state index contributed by atoms with van der Waals surface area (Å²) in [6.07, 6.45) is 3.83. The van der Waals surface area contributed by atoms with Crippen LogP contribution < -0.4 is 16.0 Å². The Bertz CT molecular complexity index is 756. The fraction of sp³-hybridized carbons (Fsp3) is 0.316. The number of nitrogens with zero attached hydrogens (tertiary/aromatic N) is 2. The Morgan fingerprint density at radius 1 is 1.28 bits per heavy atom. The quantitative estimate of drug-likeness (QED) is 0.877. The summed E-state index contributed by atoms with van der Waals surface area (Å²) in [6.45, 7) is 2.53. The zero-order valence-electron chi connectivity index (χ0n) is 14.2. The van der Waals surface area contributed by atoms with Gasteiger partial charge in [0.25, 0.3) is 0 Å². The normalized spacial score (nSPS) is 16.9. The van der Waals surface area contributed by atoms with Gasteiger partial charge < -0.3 is 16.0 Å². The van der Waals surface area contributed by atoms with Crippen LogP contribution in [-0.2, 0) is 16.0 Å². The van der Waals surface area contributed by atoms with E-state index < -0.39 is 0 Å². The topological polar surface area (TPSA) is 88.3 Å². The van der Waals surface area contributed by atoms with Crippen molar-refractivity contribution in [3.05, 3.63) is 48.2 Å². The van der Waals surface area contributed by atoms with Crippen molar-refractivity contribution in [1.29, 1.82) is 0 Å². The number of nitrogen functional groups attached to an aromatic ring is 1. The van der Waals surface area contributed by atoms with Crippen molar-refractivity contribution >= 4 is 29.0 Å². The molecule has 0 radical (unpaired) electrons. The van der Waals surface area contributed by atoms with Crippen molar-refractivity contribution in [2.75, 3.05) is 22.5 Å². The van der Waals surface area contributed by atoms with Crippen molar-refractivity contribution < 1.29 is 9.59 Å². The minimum absolute atomic E-state index is 0.0289. The van der Waals surface area contributed by atoms with Gasteiger partial charge in [-0.3, -0.25) is 9.59 Å². The highest BCUT2D eigenvalue weighted by Gasteiger charge is 2.35. The van der Waals surface area contributed by atoms with E-state index in [9.17, 15) is 9.59 Å². The number of aromatic nitrogens is 1. The molecule has 1 aliphatic heterocycles. The van der Waals surface area contributed by atoms with E-state index in [1.54, 1.807) is 17.0 Å².